The van der Waals surface area contributed by atoms with Crippen molar-refractivity contribution in [1.82, 2.24) is 9.13 Å². The second kappa shape index (κ2) is 10.8. The molecule has 0 saturated carbocycles. The molecule has 1 aromatic heterocycles. The molecule has 4 rings (SSSR count). The zero-order chi connectivity index (χ0) is 24.9. The zero-order valence-electron chi connectivity index (χ0n) is 20.3. The molecular weight excluding hydrogens is 449 g/mol. The van der Waals surface area contributed by atoms with Crippen LogP contribution in [0.3, 0.4) is 0 Å². The molecule has 3 aromatic rings. The van der Waals surface area contributed by atoms with E-state index >= 15 is 0 Å². The topological polar surface area (TPSA) is 74.8 Å². The summed E-state index contributed by atoms with van der Waals surface area (Å²) in [5.74, 6) is 0.927. The van der Waals surface area contributed by atoms with Gasteiger partial charge >= 0.3 is 5.69 Å². The number of hydrogen-bond donors (Lipinski definition) is 0. The van der Waals surface area contributed by atoms with Gasteiger partial charge in [0.25, 0.3) is 5.56 Å². The summed E-state index contributed by atoms with van der Waals surface area (Å²) >= 11 is 0. The fraction of sp³-hybridized carbons (Fsp3) is 0.370. The van der Waals surface area contributed by atoms with Gasteiger partial charge in [0, 0.05) is 33.2 Å². The molecule has 0 radical (unpaired) electrons. The molecule has 7 nitrogen and oxygen atoms in total. The fourth-order valence-electron chi connectivity index (χ4n) is 4.31. The van der Waals surface area contributed by atoms with Crippen LogP contribution in [0.2, 0.25) is 0 Å². The molecule has 1 atom stereocenters. The highest BCUT2D eigenvalue weighted by Gasteiger charge is 2.27. The molecule has 8 heteroatoms. The Kier molecular flexibility index (Phi) is 7.60. The van der Waals surface area contributed by atoms with E-state index in [2.05, 4.69) is 0 Å². The van der Waals surface area contributed by atoms with E-state index in [0.29, 0.717) is 55.3 Å². The van der Waals surface area contributed by atoms with Crippen LogP contribution < -0.4 is 16.0 Å². The van der Waals surface area contributed by atoms with Crippen LogP contribution in [0.4, 0.5) is 10.2 Å². The molecule has 0 aliphatic carbocycles. The maximum absolute atomic E-state index is 13.5. The van der Waals surface area contributed by atoms with Crippen LogP contribution in [0.5, 0.6) is 5.75 Å². The largest absolute Gasteiger partial charge is 0.443 e. The number of hydrogen-bond acceptors (Lipinski definition) is 5. The van der Waals surface area contributed by atoms with E-state index in [-0.39, 0.29) is 23.8 Å². The van der Waals surface area contributed by atoms with Gasteiger partial charge in [-0.05, 0) is 62.4 Å². The van der Waals surface area contributed by atoms with Crippen molar-refractivity contribution in [2.45, 2.75) is 39.2 Å². The van der Waals surface area contributed by atoms with Crippen molar-refractivity contribution in [2.75, 3.05) is 13.7 Å². The number of aromatic nitrogens is 2. The van der Waals surface area contributed by atoms with E-state index in [1.54, 1.807) is 26.3 Å². The lowest BCUT2D eigenvalue weighted by atomic mass is 9.93. The SMILES string of the molecule is COCCCn1c(=O)c2c(n(C)c1=O)N=C(Oc1ccc(C)cc1)C(Cc1ccc(F)cc1)CC2. The number of aliphatic imine (C=N–C) groups is 1. The molecule has 0 amide bonds. The second-order valence-corrected chi connectivity index (χ2v) is 8.88. The maximum atomic E-state index is 13.5. The molecule has 1 aliphatic rings. The predicted molar refractivity (Wildman–Crippen MR) is 133 cm³/mol. The second-order valence-electron chi connectivity index (χ2n) is 8.88. The normalized spacial score (nSPS) is 15.3. The Labute approximate surface area is 203 Å². The Morgan fingerprint density at radius 3 is 2.49 bits per heavy atom. The zero-order valence-corrected chi connectivity index (χ0v) is 20.3. The van der Waals surface area contributed by atoms with Crippen LogP contribution in [-0.4, -0.2) is 28.7 Å². The molecule has 0 saturated heterocycles. The average molecular weight is 480 g/mol. The third kappa shape index (κ3) is 5.59. The van der Waals surface area contributed by atoms with Crippen LogP contribution in [0, 0.1) is 18.7 Å². The van der Waals surface area contributed by atoms with Crippen LogP contribution >= 0.6 is 0 Å². The van der Waals surface area contributed by atoms with E-state index in [1.807, 2.05) is 31.2 Å². The third-order valence-electron chi connectivity index (χ3n) is 6.29. The number of aryl methyl sites for hydroxylation is 1. The fourth-order valence-corrected chi connectivity index (χ4v) is 4.31. The average Bonchev–Trinajstić information content (AvgIpc) is 3.02. The molecule has 2 aromatic carbocycles. The summed E-state index contributed by atoms with van der Waals surface area (Å²) in [4.78, 5) is 31.1. The van der Waals surface area contributed by atoms with Gasteiger partial charge in [-0.1, -0.05) is 29.8 Å². The van der Waals surface area contributed by atoms with Crippen LogP contribution in [0.1, 0.15) is 29.5 Å². The molecule has 0 fully saturated rings. The number of methoxy groups -OCH3 is 1. The highest BCUT2D eigenvalue weighted by Crippen LogP contribution is 2.28. The number of halogens is 1. The number of benzene rings is 2. The predicted octanol–water partition coefficient (Wildman–Crippen LogP) is 3.95. The highest BCUT2D eigenvalue weighted by atomic mass is 19.1. The quantitative estimate of drug-likeness (QED) is 0.481. The van der Waals surface area contributed by atoms with Gasteiger partial charge in [-0.25, -0.2) is 9.18 Å². The van der Waals surface area contributed by atoms with Crippen molar-refractivity contribution in [3.63, 3.8) is 0 Å². The first-order valence-electron chi connectivity index (χ1n) is 11.8. The van der Waals surface area contributed by atoms with Gasteiger partial charge in [0.05, 0.1) is 5.56 Å². The first kappa shape index (κ1) is 24.6. The summed E-state index contributed by atoms with van der Waals surface area (Å²) in [6, 6.07) is 14.0. The minimum absolute atomic E-state index is 0.161. The van der Waals surface area contributed by atoms with Crippen LogP contribution in [0.15, 0.2) is 63.1 Å². The Morgan fingerprint density at radius 2 is 1.80 bits per heavy atom. The van der Waals surface area contributed by atoms with Gasteiger partial charge in [-0.3, -0.25) is 13.9 Å². The van der Waals surface area contributed by atoms with Crippen LogP contribution in [-0.2, 0) is 31.2 Å². The van der Waals surface area contributed by atoms with Gasteiger partial charge in [-0.2, -0.15) is 4.99 Å². The van der Waals surface area contributed by atoms with E-state index in [9.17, 15) is 14.0 Å². The summed E-state index contributed by atoms with van der Waals surface area (Å²) < 4.78 is 27.4. The summed E-state index contributed by atoms with van der Waals surface area (Å²) in [7, 11) is 3.21. The molecule has 35 heavy (non-hydrogen) atoms. The smallest absolute Gasteiger partial charge is 0.332 e. The molecular formula is C27H30FN3O4. The van der Waals surface area contributed by atoms with Crippen molar-refractivity contribution in [3.8, 4) is 5.75 Å². The number of nitrogens with zero attached hydrogens (tertiary/aromatic N) is 3. The molecule has 0 bridgehead atoms. The van der Waals surface area contributed by atoms with E-state index in [4.69, 9.17) is 14.5 Å². The number of fused-ring (bicyclic) bond motifs is 1. The van der Waals surface area contributed by atoms with Gasteiger partial charge in [0.1, 0.15) is 17.4 Å². The van der Waals surface area contributed by atoms with Gasteiger partial charge < -0.3 is 9.47 Å². The van der Waals surface area contributed by atoms with Crippen molar-refractivity contribution in [3.05, 3.63) is 91.9 Å². The van der Waals surface area contributed by atoms with Crippen molar-refractivity contribution < 1.29 is 13.9 Å². The van der Waals surface area contributed by atoms with Gasteiger partial charge in [-0.15, -0.1) is 0 Å². The first-order chi connectivity index (χ1) is 16.9. The Morgan fingerprint density at radius 1 is 1.09 bits per heavy atom. The Balaban J connectivity index is 1.76. The molecule has 0 N–H and O–H groups in total. The van der Waals surface area contributed by atoms with Gasteiger partial charge in [0.15, 0.2) is 5.90 Å². The molecule has 184 valence electrons. The van der Waals surface area contributed by atoms with Crippen molar-refractivity contribution in [1.29, 1.82) is 0 Å². The summed E-state index contributed by atoms with van der Waals surface area (Å²) in [5, 5.41) is 0. The first-order valence-corrected chi connectivity index (χ1v) is 11.8. The van der Waals surface area contributed by atoms with E-state index in [1.165, 1.54) is 21.3 Å². The standard InChI is InChI=1S/C27H30FN3O4/c1-18-5-12-22(13-6-18)35-25-20(17-19-7-10-21(28)11-8-19)9-14-23-24(29-25)30(2)27(33)31(26(23)32)15-4-16-34-3/h5-8,10-13,20H,4,9,14-17H2,1-3H3. The third-order valence-corrected chi connectivity index (χ3v) is 6.29. The lowest BCUT2D eigenvalue weighted by molar-refractivity contribution is 0.189. The minimum atomic E-state index is -0.416. The van der Waals surface area contributed by atoms with Crippen molar-refractivity contribution in [2.24, 2.45) is 18.0 Å². The molecule has 1 unspecified atom stereocenters. The van der Waals surface area contributed by atoms with Crippen molar-refractivity contribution >= 4 is 11.7 Å². The Hall–Kier alpha value is -3.52. The monoisotopic (exact) mass is 479 g/mol. The molecule has 0 spiro atoms. The summed E-state index contributed by atoms with van der Waals surface area (Å²) in [6.07, 6.45) is 2.17. The highest BCUT2D eigenvalue weighted by molar-refractivity contribution is 5.84. The lowest BCUT2D eigenvalue weighted by Crippen LogP contribution is -2.41. The van der Waals surface area contributed by atoms with Crippen LogP contribution in [0.25, 0.3) is 0 Å². The lowest BCUT2D eigenvalue weighted by Gasteiger charge is -2.18. The van der Waals surface area contributed by atoms with Gasteiger partial charge in [0.2, 0.25) is 0 Å². The van der Waals surface area contributed by atoms with E-state index < -0.39 is 5.69 Å². The summed E-state index contributed by atoms with van der Waals surface area (Å²) in [6.45, 7) is 2.73. The Bertz CT molecular complexity index is 1320. The molecule has 1 aliphatic heterocycles. The van der Waals surface area contributed by atoms with E-state index in [0.717, 1.165) is 11.1 Å². The molecule has 2 heterocycles. The number of rotatable bonds is 7. The summed E-state index contributed by atoms with van der Waals surface area (Å²) in [5.41, 5.74) is 1.80. The number of ether oxygens (including phenoxy) is 2. The minimum Gasteiger partial charge on any atom is -0.443 e. The maximum Gasteiger partial charge on any atom is 0.332 e.